The topological polar surface area (TPSA) is 46.3 Å². The van der Waals surface area contributed by atoms with E-state index in [9.17, 15) is 4.79 Å². The number of nitrogens with two attached hydrogens (primary N) is 1. The van der Waals surface area contributed by atoms with Gasteiger partial charge in [0.1, 0.15) is 5.25 Å². The van der Waals surface area contributed by atoms with E-state index in [0.29, 0.717) is 6.54 Å². The van der Waals surface area contributed by atoms with Crippen LogP contribution >= 0.6 is 24.2 Å². The van der Waals surface area contributed by atoms with Crippen molar-refractivity contribution < 1.29 is 4.79 Å². The standard InChI is InChI=1S/C15H20N2OS.ClH/c16-10-12-5-3-8-17(12)15(18)14-13-6-2-1-4-11(13)7-9-19-14;/h1-2,4,6,12,14H,3,5,7-10,16H2;1H. The predicted octanol–water partition coefficient (Wildman–Crippen LogP) is 2.39. The second-order valence-corrected chi connectivity index (χ2v) is 6.48. The minimum atomic E-state index is -0.0166. The Labute approximate surface area is 130 Å². The molecule has 2 unspecified atom stereocenters. The van der Waals surface area contributed by atoms with Gasteiger partial charge in [-0.1, -0.05) is 24.3 Å². The van der Waals surface area contributed by atoms with Crippen LogP contribution in [0.1, 0.15) is 29.2 Å². The highest BCUT2D eigenvalue weighted by molar-refractivity contribution is 8.00. The Morgan fingerprint density at radius 2 is 2.20 bits per heavy atom. The van der Waals surface area contributed by atoms with Crippen molar-refractivity contribution in [1.29, 1.82) is 0 Å². The van der Waals surface area contributed by atoms with Crippen LogP contribution in [-0.2, 0) is 11.2 Å². The maximum atomic E-state index is 12.8. The normalized spacial score (nSPS) is 24.9. The fraction of sp³-hybridized carbons (Fsp3) is 0.533. The molecule has 2 aliphatic heterocycles. The van der Waals surface area contributed by atoms with Gasteiger partial charge in [-0.05, 0) is 36.1 Å². The van der Waals surface area contributed by atoms with Gasteiger partial charge in [0.25, 0.3) is 0 Å². The Hall–Kier alpha value is -0.710. The minimum absolute atomic E-state index is 0. The van der Waals surface area contributed by atoms with Crippen molar-refractivity contribution in [2.24, 2.45) is 5.73 Å². The van der Waals surface area contributed by atoms with E-state index in [2.05, 4.69) is 18.2 Å². The Morgan fingerprint density at radius 3 is 3.00 bits per heavy atom. The zero-order valence-corrected chi connectivity index (χ0v) is 13.1. The lowest BCUT2D eigenvalue weighted by Crippen LogP contribution is -2.42. The summed E-state index contributed by atoms with van der Waals surface area (Å²) in [5.41, 5.74) is 8.34. The number of benzene rings is 1. The first-order valence-corrected chi connectivity index (χ1v) is 8.06. The maximum Gasteiger partial charge on any atom is 0.240 e. The molecule has 0 aliphatic carbocycles. The van der Waals surface area contributed by atoms with E-state index in [4.69, 9.17) is 5.73 Å². The van der Waals surface area contributed by atoms with Gasteiger partial charge in [0.2, 0.25) is 5.91 Å². The quantitative estimate of drug-likeness (QED) is 0.912. The van der Waals surface area contributed by atoms with E-state index < -0.39 is 0 Å². The molecule has 0 radical (unpaired) electrons. The van der Waals surface area contributed by atoms with E-state index in [0.717, 1.165) is 31.6 Å². The molecule has 0 saturated carbocycles. The number of hydrogen-bond donors (Lipinski definition) is 1. The third-order valence-electron chi connectivity index (χ3n) is 4.15. The number of hydrogen-bond acceptors (Lipinski definition) is 3. The Morgan fingerprint density at radius 1 is 1.40 bits per heavy atom. The van der Waals surface area contributed by atoms with Gasteiger partial charge in [-0.2, -0.15) is 0 Å². The summed E-state index contributed by atoms with van der Waals surface area (Å²) in [6.45, 7) is 1.46. The molecule has 3 nitrogen and oxygen atoms in total. The molecule has 1 amide bonds. The molecule has 2 atom stereocenters. The van der Waals surface area contributed by atoms with Crippen molar-refractivity contribution in [2.45, 2.75) is 30.6 Å². The largest absolute Gasteiger partial charge is 0.337 e. The molecule has 0 bridgehead atoms. The zero-order chi connectivity index (χ0) is 13.2. The molecule has 20 heavy (non-hydrogen) atoms. The van der Waals surface area contributed by atoms with Crippen molar-refractivity contribution in [3.63, 3.8) is 0 Å². The van der Waals surface area contributed by atoms with E-state index in [-0.39, 0.29) is 29.6 Å². The molecule has 0 aromatic heterocycles. The van der Waals surface area contributed by atoms with Crippen LogP contribution in [0.2, 0.25) is 0 Å². The van der Waals surface area contributed by atoms with Crippen LogP contribution in [0, 0.1) is 0 Å². The zero-order valence-electron chi connectivity index (χ0n) is 11.5. The summed E-state index contributed by atoms with van der Waals surface area (Å²) in [5, 5.41) is -0.0166. The van der Waals surface area contributed by atoms with Gasteiger partial charge < -0.3 is 10.6 Å². The summed E-state index contributed by atoms with van der Waals surface area (Å²) in [4.78, 5) is 14.8. The first-order valence-electron chi connectivity index (χ1n) is 7.01. The van der Waals surface area contributed by atoms with Gasteiger partial charge in [-0.25, -0.2) is 0 Å². The summed E-state index contributed by atoms with van der Waals surface area (Å²) in [5.74, 6) is 1.30. The SMILES string of the molecule is Cl.NCC1CCCN1C(=O)C1SCCc2ccccc21. The number of thioether (sulfide) groups is 1. The molecule has 110 valence electrons. The van der Waals surface area contributed by atoms with Crippen LogP contribution in [-0.4, -0.2) is 35.7 Å². The molecule has 3 rings (SSSR count). The van der Waals surface area contributed by atoms with E-state index in [1.165, 1.54) is 11.1 Å². The Bertz CT molecular complexity index is 483. The van der Waals surface area contributed by atoms with Gasteiger partial charge >= 0.3 is 0 Å². The molecule has 0 spiro atoms. The molecule has 5 heteroatoms. The number of carbonyl (C=O) groups is 1. The van der Waals surface area contributed by atoms with Gasteiger partial charge in [-0.15, -0.1) is 24.2 Å². The third kappa shape index (κ3) is 2.83. The summed E-state index contributed by atoms with van der Waals surface area (Å²) >= 11 is 1.78. The number of likely N-dealkylation sites (tertiary alicyclic amines) is 1. The molecule has 1 aromatic rings. The Balaban J connectivity index is 0.00000147. The molecular weight excluding hydrogens is 292 g/mol. The van der Waals surface area contributed by atoms with Crippen LogP contribution in [0.15, 0.2) is 24.3 Å². The summed E-state index contributed by atoms with van der Waals surface area (Å²) in [6, 6.07) is 8.61. The van der Waals surface area contributed by atoms with Crippen molar-refractivity contribution in [3.8, 4) is 0 Å². The minimum Gasteiger partial charge on any atom is -0.337 e. The highest BCUT2D eigenvalue weighted by atomic mass is 35.5. The first-order chi connectivity index (χ1) is 9.31. The monoisotopic (exact) mass is 312 g/mol. The van der Waals surface area contributed by atoms with Crippen LogP contribution in [0.4, 0.5) is 0 Å². The molecular formula is C15H21ClN2OS. The van der Waals surface area contributed by atoms with E-state index in [1.807, 2.05) is 11.0 Å². The Kier molecular flexibility index (Phi) is 5.35. The number of carbonyl (C=O) groups excluding carboxylic acids is 1. The predicted molar refractivity (Wildman–Crippen MR) is 86.4 cm³/mol. The number of halogens is 1. The number of amides is 1. The van der Waals surface area contributed by atoms with Crippen LogP contribution in [0.25, 0.3) is 0 Å². The van der Waals surface area contributed by atoms with Gasteiger partial charge in [0.05, 0.1) is 0 Å². The molecule has 1 saturated heterocycles. The second kappa shape index (κ2) is 6.83. The summed E-state index contributed by atoms with van der Waals surface area (Å²) in [6.07, 6.45) is 3.22. The van der Waals surface area contributed by atoms with Crippen LogP contribution < -0.4 is 5.73 Å². The van der Waals surface area contributed by atoms with Crippen molar-refractivity contribution in [2.75, 3.05) is 18.8 Å². The molecule has 2 heterocycles. The highest BCUT2D eigenvalue weighted by Gasteiger charge is 2.35. The van der Waals surface area contributed by atoms with Crippen LogP contribution in [0.3, 0.4) is 0 Å². The lowest BCUT2D eigenvalue weighted by molar-refractivity contribution is -0.131. The average molecular weight is 313 g/mol. The lowest BCUT2D eigenvalue weighted by atomic mass is 10.0. The fourth-order valence-electron chi connectivity index (χ4n) is 3.12. The maximum absolute atomic E-state index is 12.8. The second-order valence-electron chi connectivity index (χ2n) is 5.26. The van der Waals surface area contributed by atoms with E-state index in [1.54, 1.807) is 11.8 Å². The number of rotatable bonds is 2. The average Bonchev–Trinajstić information content (AvgIpc) is 2.94. The molecule has 1 aromatic carbocycles. The summed E-state index contributed by atoms with van der Waals surface area (Å²) in [7, 11) is 0. The smallest absolute Gasteiger partial charge is 0.240 e. The fourth-order valence-corrected chi connectivity index (χ4v) is 4.38. The van der Waals surface area contributed by atoms with Gasteiger partial charge in [0, 0.05) is 19.1 Å². The van der Waals surface area contributed by atoms with Gasteiger partial charge in [0.15, 0.2) is 0 Å². The van der Waals surface area contributed by atoms with Crippen LogP contribution in [0.5, 0.6) is 0 Å². The molecule has 2 N–H and O–H groups in total. The summed E-state index contributed by atoms with van der Waals surface area (Å²) < 4.78 is 0. The number of nitrogens with zero attached hydrogens (tertiary/aromatic N) is 1. The molecule has 2 aliphatic rings. The lowest BCUT2D eigenvalue weighted by Gasteiger charge is -2.31. The van der Waals surface area contributed by atoms with Crippen molar-refractivity contribution in [1.82, 2.24) is 4.90 Å². The van der Waals surface area contributed by atoms with Crippen molar-refractivity contribution in [3.05, 3.63) is 35.4 Å². The van der Waals surface area contributed by atoms with Gasteiger partial charge in [-0.3, -0.25) is 4.79 Å². The van der Waals surface area contributed by atoms with E-state index >= 15 is 0 Å². The first kappa shape index (κ1) is 15.7. The molecule has 1 fully saturated rings. The highest BCUT2D eigenvalue weighted by Crippen LogP contribution is 2.39. The van der Waals surface area contributed by atoms with Crippen molar-refractivity contribution >= 4 is 30.1 Å². The number of fused-ring (bicyclic) bond motifs is 1. The third-order valence-corrected chi connectivity index (χ3v) is 5.38. The number of aryl methyl sites for hydroxylation is 1.